The van der Waals surface area contributed by atoms with Gasteiger partial charge < -0.3 is 16.0 Å². The van der Waals surface area contributed by atoms with Crippen LogP contribution in [0.25, 0.3) is 0 Å². The number of carbonyl (C=O) groups excluding carboxylic acids is 2. The quantitative estimate of drug-likeness (QED) is 0.791. The summed E-state index contributed by atoms with van der Waals surface area (Å²) in [6.45, 7) is 9.31. The van der Waals surface area contributed by atoms with Gasteiger partial charge in [0.15, 0.2) is 0 Å². The SMILES string of the molecule is Cc1cccc(NC(=O)NC(C)C)c1NC(=O)C(C)C. The molecule has 0 saturated heterocycles. The van der Waals surface area contributed by atoms with Crippen molar-refractivity contribution in [3.63, 3.8) is 0 Å². The van der Waals surface area contributed by atoms with Crippen molar-refractivity contribution in [3.8, 4) is 0 Å². The first-order valence-corrected chi connectivity index (χ1v) is 6.79. The van der Waals surface area contributed by atoms with Gasteiger partial charge in [-0.1, -0.05) is 26.0 Å². The molecule has 3 amide bonds. The van der Waals surface area contributed by atoms with Crippen LogP contribution in [0.2, 0.25) is 0 Å². The Kier molecular flexibility index (Phi) is 5.55. The summed E-state index contributed by atoms with van der Waals surface area (Å²) in [5.41, 5.74) is 2.14. The van der Waals surface area contributed by atoms with Crippen LogP contribution in [-0.2, 0) is 4.79 Å². The van der Waals surface area contributed by atoms with E-state index in [4.69, 9.17) is 0 Å². The van der Waals surface area contributed by atoms with Gasteiger partial charge in [0.25, 0.3) is 0 Å². The minimum absolute atomic E-state index is 0.0496. The summed E-state index contributed by atoms with van der Waals surface area (Å²) in [5, 5.41) is 8.37. The average molecular weight is 277 g/mol. The van der Waals surface area contributed by atoms with Crippen LogP contribution in [-0.4, -0.2) is 18.0 Å². The summed E-state index contributed by atoms with van der Waals surface area (Å²) in [4.78, 5) is 23.6. The fourth-order valence-corrected chi connectivity index (χ4v) is 1.63. The number of anilines is 2. The average Bonchev–Trinajstić information content (AvgIpc) is 2.32. The zero-order valence-corrected chi connectivity index (χ0v) is 12.7. The van der Waals surface area contributed by atoms with E-state index >= 15 is 0 Å². The van der Waals surface area contributed by atoms with Crippen molar-refractivity contribution in [1.82, 2.24) is 5.32 Å². The van der Waals surface area contributed by atoms with E-state index in [-0.39, 0.29) is 23.9 Å². The molecule has 110 valence electrons. The summed E-state index contributed by atoms with van der Waals surface area (Å²) in [5.74, 6) is -0.196. The summed E-state index contributed by atoms with van der Waals surface area (Å²) in [7, 11) is 0. The van der Waals surface area contributed by atoms with E-state index in [9.17, 15) is 9.59 Å². The van der Waals surface area contributed by atoms with E-state index < -0.39 is 0 Å². The van der Waals surface area contributed by atoms with Crippen LogP contribution >= 0.6 is 0 Å². The van der Waals surface area contributed by atoms with Crippen molar-refractivity contribution < 1.29 is 9.59 Å². The van der Waals surface area contributed by atoms with Gasteiger partial charge in [0.05, 0.1) is 11.4 Å². The number of amides is 3. The largest absolute Gasteiger partial charge is 0.336 e. The first kappa shape index (κ1) is 16.0. The Morgan fingerprint density at radius 2 is 1.70 bits per heavy atom. The molecule has 0 radical (unpaired) electrons. The van der Waals surface area contributed by atoms with E-state index in [1.807, 2.05) is 46.8 Å². The molecule has 3 N–H and O–H groups in total. The highest BCUT2D eigenvalue weighted by Gasteiger charge is 2.14. The number of urea groups is 1. The lowest BCUT2D eigenvalue weighted by Gasteiger charge is -2.17. The molecule has 0 aliphatic heterocycles. The van der Waals surface area contributed by atoms with Crippen LogP contribution in [0.5, 0.6) is 0 Å². The van der Waals surface area contributed by atoms with Gasteiger partial charge in [0, 0.05) is 12.0 Å². The molecule has 1 aromatic carbocycles. The van der Waals surface area contributed by atoms with Crippen LogP contribution in [0.15, 0.2) is 18.2 Å². The van der Waals surface area contributed by atoms with Gasteiger partial charge in [-0.25, -0.2) is 4.79 Å². The molecule has 0 atom stereocenters. The summed E-state index contributed by atoms with van der Waals surface area (Å²) >= 11 is 0. The second-order valence-electron chi connectivity index (χ2n) is 5.39. The van der Waals surface area contributed by atoms with Crippen LogP contribution in [0, 0.1) is 12.8 Å². The van der Waals surface area contributed by atoms with Gasteiger partial charge in [-0.2, -0.15) is 0 Å². The molecule has 1 rings (SSSR count). The molecule has 5 heteroatoms. The molecule has 0 bridgehead atoms. The Labute approximate surface area is 120 Å². The van der Waals surface area contributed by atoms with Crippen molar-refractivity contribution in [2.24, 2.45) is 5.92 Å². The molecule has 0 aliphatic carbocycles. The third kappa shape index (κ3) is 4.57. The number of para-hydroxylation sites is 1. The molecule has 0 aromatic heterocycles. The maximum Gasteiger partial charge on any atom is 0.319 e. The molecule has 0 heterocycles. The number of aryl methyl sites for hydroxylation is 1. The lowest BCUT2D eigenvalue weighted by molar-refractivity contribution is -0.118. The molecule has 0 spiro atoms. The summed E-state index contributed by atoms with van der Waals surface area (Å²) in [6.07, 6.45) is 0. The highest BCUT2D eigenvalue weighted by atomic mass is 16.2. The second-order valence-corrected chi connectivity index (χ2v) is 5.39. The second kappa shape index (κ2) is 6.93. The number of hydrogen-bond acceptors (Lipinski definition) is 2. The highest BCUT2D eigenvalue weighted by molar-refractivity contribution is 6.00. The maximum atomic E-state index is 11.8. The van der Waals surface area contributed by atoms with Gasteiger partial charge in [-0.05, 0) is 32.4 Å². The van der Waals surface area contributed by atoms with Crippen molar-refractivity contribution in [1.29, 1.82) is 0 Å². The number of benzene rings is 1. The van der Waals surface area contributed by atoms with E-state index in [0.29, 0.717) is 11.4 Å². The number of carbonyl (C=O) groups is 2. The molecule has 0 aliphatic rings. The third-order valence-corrected chi connectivity index (χ3v) is 2.71. The summed E-state index contributed by atoms with van der Waals surface area (Å²) < 4.78 is 0. The van der Waals surface area contributed by atoms with Gasteiger partial charge in [0.2, 0.25) is 5.91 Å². The standard InChI is InChI=1S/C15H23N3O2/c1-9(2)14(19)18-13-11(5)7-6-8-12(13)17-15(20)16-10(3)4/h6-10H,1-5H3,(H,18,19)(H2,16,17,20). The van der Waals surface area contributed by atoms with E-state index in [1.165, 1.54) is 0 Å². The Balaban J connectivity index is 2.93. The van der Waals surface area contributed by atoms with Gasteiger partial charge >= 0.3 is 6.03 Å². The molecule has 0 saturated carbocycles. The first-order chi connectivity index (χ1) is 9.31. The van der Waals surface area contributed by atoms with E-state index in [1.54, 1.807) is 6.07 Å². The van der Waals surface area contributed by atoms with Gasteiger partial charge in [-0.3, -0.25) is 4.79 Å². The number of rotatable bonds is 4. The normalized spacial score (nSPS) is 10.6. The highest BCUT2D eigenvalue weighted by Crippen LogP contribution is 2.26. The maximum absolute atomic E-state index is 11.8. The number of nitrogens with one attached hydrogen (secondary N) is 3. The fraction of sp³-hybridized carbons (Fsp3) is 0.467. The molecular formula is C15H23N3O2. The Morgan fingerprint density at radius 3 is 2.25 bits per heavy atom. The molecule has 0 unspecified atom stereocenters. The number of hydrogen-bond donors (Lipinski definition) is 3. The molecule has 1 aromatic rings. The van der Waals surface area contributed by atoms with Crippen LogP contribution in [0.1, 0.15) is 33.3 Å². The molecule has 20 heavy (non-hydrogen) atoms. The minimum Gasteiger partial charge on any atom is -0.336 e. The minimum atomic E-state index is -0.286. The van der Waals surface area contributed by atoms with E-state index in [0.717, 1.165) is 5.56 Å². The molecular weight excluding hydrogens is 254 g/mol. The van der Waals surface area contributed by atoms with Gasteiger partial charge in [0.1, 0.15) is 0 Å². The molecule has 0 fully saturated rings. The van der Waals surface area contributed by atoms with Gasteiger partial charge in [-0.15, -0.1) is 0 Å². The third-order valence-electron chi connectivity index (χ3n) is 2.71. The smallest absolute Gasteiger partial charge is 0.319 e. The zero-order valence-electron chi connectivity index (χ0n) is 12.7. The lowest BCUT2D eigenvalue weighted by Crippen LogP contribution is -2.34. The topological polar surface area (TPSA) is 70.2 Å². The Hall–Kier alpha value is -2.04. The lowest BCUT2D eigenvalue weighted by atomic mass is 10.1. The first-order valence-electron chi connectivity index (χ1n) is 6.79. The predicted octanol–water partition coefficient (Wildman–Crippen LogP) is 3.12. The van der Waals surface area contributed by atoms with Crippen LogP contribution in [0.4, 0.5) is 16.2 Å². The summed E-state index contributed by atoms with van der Waals surface area (Å²) in [6, 6.07) is 5.26. The van der Waals surface area contributed by atoms with E-state index in [2.05, 4.69) is 16.0 Å². The van der Waals surface area contributed by atoms with Crippen molar-refractivity contribution in [2.75, 3.05) is 10.6 Å². The van der Waals surface area contributed by atoms with Crippen molar-refractivity contribution in [3.05, 3.63) is 23.8 Å². The Bertz CT molecular complexity index is 496. The van der Waals surface area contributed by atoms with Crippen LogP contribution < -0.4 is 16.0 Å². The Morgan fingerprint density at radius 1 is 1.05 bits per heavy atom. The van der Waals surface area contributed by atoms with Crippen molar-refractivity contribution >= 4 is 23.3 Å². The molecule has 5 nitrogen and oxygen atoms in total. The van der Waals surface area contributed by atoms with Crippen LogP contribution in [0.3, 0.4) is 0 Å². The fourth-order valence-electron chi connectivity index (χ4n) is 1.63. The van der Waals surface area contributed by atoms with Crippen molar-refractivity contribution in [2.45, 2.75) is 40.7 Å². The zero-order chi connectivity index (χ0) is 15.3. The monoisotopic (exact) mass is 277 g/mol. The predicted molar refractivity (Wildman–Crippen MR) is 81.9 cm³/mol.